The third kappa shape index (κ3) is 1.76. The number of aliphatic hydroxyl groups excluding tert-OH is 1. The zero-order chi connectivity index (χ0) is 11.7. The molecule has 16 heavy (non-hydrogen) atoms. The van der Waals surface area contributed by atoms with E-state index in [1.54, 1.807) is 0 Å². The van der Waals surface area contributed by atoms with Gasteiger partial charge in [0.05, 0.1) is 0 Å². The number of aromatic nitrogens is 3. The van der Waals surface area contributed by atoms with E-state index in [9.17, 15) is 13.2 Å². The summed E-state index contributed by atoms with van der Waals surface area (Å²) in [6, 6.07) is 1.56. The second-order valence-corrected chi connectivity index (χ2v) is 3.02. The summed E-state index contributed by atoms with van der Waals surface area (Å²) in [5.74, 6) is -4.03. The van der Waals surface area contributed by atoms with Crippen molar-refractivity contribution in [3.05, 3.63) is 35.4 Å². The molecular formula is C9H6F3N3O. The van der Waals surface area contributed by atoms with Gasteiger partial charge in [-0.1, -0.05) is 0 Å². The van der Waals surface area contributed by atoms with E-state index < -0.39 is 17.5 Å². The maximum absolute atomic E-state index is 12.9. The summed E-state index contributed by atoms with van der Waals surface area (Å²) in [5, 5.41) is 14.7. The van der Waals surface area contributed by atoms with Gasteiger partial charge in [0, 0.05) is 5.56 Å². The summed E-state index contributed by atoms with van der Waals surface area (Å²) in [7, 11) is 0. The first-order valence-corrected chi connectivity index (χ1v) is 4.29. The van der Waals surface area contributed by atoms with E-state index in [1.165, 1.54) is 0 Å². The number of hydrogen-bond acceptors (Lipinski definition) is 3. The van der Waals surface area contributed by atoms with Crippen LogP contribution in [0.2, 0.25) is 0 Å². The molecule has 0 radical (unpaired) electrons. The zero-order valence-corrected chi connectivity index (χ0v) is 7.84. The van der Waals surface area contributed by atoms with Crippen LogP contribution in [0.1, 0.15) is 5.82 Å². The molecule has 0 atom stereocenters. The molecule has 1 aromatic heterocycles. The lowest BCUT2D eigenvalue weighted by molar-refractivity contribution is 0.272. The molecule has 0 saturated carbocycles. The number of rotatable bonds is 2. The number of hydrogen-bond donors (Lipinski definition) is 2. The molecule has 7 heteroatoms. The largest absolute Gasteiger partial charge is 0.388 e. The summed E-state index contributed by atoms with van der Waals surface area (Å²) >= 11 is 0. The van der Waals surface area contributed by atoms with E-state index in [0.717, 1.165) is 12.1 Å². The molecule has 2 aromatic rings. The lowest BCUT2D eigenvalue weighted by Gasteiger charge is -1.98. The Morgan fingerprint density at radius 3 is 2.31 bits per heavy atom. The average molecular weight is 229 g/mol. The van der Waals surface area contributed by atoms with Crippen molar-refractivity contribution in [2.45, 2.75) is 6.61 Å². The van der Waals surface area contributed by atoms with Gasteiger partial charge in [-0.05, 0) is 12.1 Å². The highest BCUT2D eigenvalue weighted by molar-refractivity contribution is 5.54. The Bertz CT molecular complexity index is 503. The van der Waals surface area contributed by atoms with E-state index in [1.807, 2.05) is 0 Å². The van der Waals surface area contributed by atoms with Gasteiger partial charge >= 0.3 is 0 Å². The first-order chi connectivity index (χ1) is 7.61. The monoisotopic (exact) mass is 229 g/mol. The van der Waals surface area contributed by atoms with Crippen molar-refractivity contribution in [2.75, 3.05) is 0 Å². The Labute approximate surface area is 87.8 Å². The highest BCUT2D eigenvalue weighted by atomic mass is 19.2. The molecule has 0 saturated heterocycles. The Morgan fingerprint density at radius 1 is 1.19 bits per heavy atom. The van der Waals surface area contributed by atoms with Crippen LogP contribution in [0.5, 0.6) is 0 Å². The molecule has 0 bridgehead atoms. The molecule has 2 N–H and O–H groups in total. The number of halogens is 3. The van der Waals surface area contributed by atoms with E-state index in [-0.39, 0.29) is 23.8 Å². The Balaban J connectivity index is 2.48. The molecule has 0 aliphatic rings. The minimum absolute atomic E-state index is 0.00708. The first-order valence-electron chi connectivity index (χ1n) is 4.29. The summed E-state index contributed by atoms with van der Waals surface area (Å²) in [4.78, 5) is 3.74. The summed E-state index contributed by atoms with van der Waals surface area (Å²) in [6.07, 6.45) is 0. The first kappa shape index (κ1) is 10.6. The van der Waals surface area contributed by atoms with Crippen LogP contribution < -0.4 is 0 Å². The zero-order valence-electron chi connectivity index (χ0n) is 7.84. The van der Waals surface area contributed by atoms with Gasteiger partial charge in [0.2, 0.25) is 0 Å². The fourth-order valence-corrected chi connectivity index (χ4v) is 1.18. The van der Waals surface area contributed by atoms with Crippen molar-refractivity contribution >= 4 is 0 Å². The predicted molar refractivity (Wildman–Crippen MR) is 47.6 cm³/mol. The van der Waals surface area contributed by atoms with Crippen LogP contribution >= 0.6 is 0 Å². The van der Waals surface area contributed by atoms with Crippen molar-refractivity contribution in [3.8, 4) is 11.4 Å². The second kappa shape index (κ2) is 3.93. The molecule has 1 aromatic carbocycles. The van der Waals surface area contributed by atoms with Gasteiger partial charge in [-0.2, -0.15) is 5.10 Å². The number of benzene rings is 1. The molecule has 0 unspecified atom stereocenters. The van der Waals surface area contributed by atoms with Gasteiger partial charge in [-0.3, -0.25) is 5.10 Å². The number of nitrogens with zero attached hydrogens (tertiary/aromatic N) is 2. The van der Waals surface area contributed by atoms with Crippen molar-refractivity contribution < 1.29 is 18.3 Å². The molecule has 0 spiro atoms. The van der Waals surface area contributed by atoms with Crippen molar-refractivity contribution in [1.29, 1.82) is 0 Å². The Hall–Kier alpha value is -1.89. The standard InChI is InChI=1S/C9H6F3N3O/c10-5-1-4(2-6(11)8(5)12)9-13-7(3-16)14-15-9/h1-2,16H,3H2,(H,13,14,15). The predicted octanol–water partition coefficient (Wildman–Crippen LogP) is 1.38. The summed E-state index contributed by atoms with van der Waals surface area (Å²) in [5.41, 5.74) is -0.00708. The Morgan fingerprint density at radius 2 is 1.81 bits per heavy atom. The highest BCUT2D eigenvalue weighted by Crippen LogP contribution is 2.20. The Kier molecular flexibility index (Phi) is 2.61. The van der Waals surface area contributed by atoms with Crippen LogP contribution in [-0.2, 0) is 6.61 Å². The molecular weight excluding hydrogens is 223 g/mol. The summed E-state index contributed by atoms with van der Waals surface area (Å²) < 4.78 is 38.4. The van der Waals surface area contributed by atoms with Gasteiger partial charge in [-0.25, -0.2) is 18.2 Å². The van der Waals surface area contributed by atoms with Crippen LogP contribution in [0.25, 0.3) is 11.4 Å². The topological polar surface area (TPSA) is 61.8 Å². The van der Waals surface area contributed by atoms with Gasteiger partial charge < -0.3 is 5.11 Å². The average Bonchev–Trinajstić information content (AvgIpc) is 2.73. The lowest BCUT2D eigenvalue weighted by Crippen LogP contribution is -1.93. The molecule has 1 heterocycles. The lowest BCUT2D eigenvalue weighted by atomic mass is 10.2. The van der Waals surface area contributed by atoms with Crippen LogP contribution in [0, 0.1) is 17.5 Å². The quantitative estimate of drug-likeness (QED) is 0.765. The molecule has 84 valence electrons. The van der Waals surface area contributed by atoms with E-state index in [2.05, 4.69) is 15.2 Å². The molecule has 0 aliphatic carbocycles. The van der Waals surface area contributed by atoms with Crippen LogP contribution in [0.4, 0.5) is 13.2 Å². The van der Waals surface area contributed by atoms with Crippen LogP contribution in [-0.4, -0.2) is 20.3 Å². The van der Waals surface area contributed by atoms with Crippen LogP contribution in [0.3, 0.4) is 0 Å². The second-order valence-electron chi connectivity index (χ2n) is 3.02. The van der Waals surface area contributed by atoms with Gasteiger partial charge in [0.1, 0.15) is 6.61 Å². The fourth-order valence-electron chi connectivity index (χ4n) is 1.18. The minimum Gasteiger partial charge on any atom is -0.388 e. The molecule has 0 amide bonds. The number of H-pyrrole nitrogens is 1. The minimum atomic E-state index is -1.54. The summed E-state index contributed by atoms with van der Waals surface area (Å²) in [6.45, 7) is -0.376. The van der Waals surface area contributed by atoms with Crippen LogP contribution in [0.15, 0.2) is 12.1 Å². The molecule has 2 rings (SSSR count). The number of nitrogens with one attached hydrogen (secondary N) is 1. The third-order valence-corrected chi connectivity index (χ3v) is 1.92. The van der Waals surface area contributed by atoms with Gasteiger partial charge in [0.15, 0.2) is 29.1 Å². The van der Waals surface area contributed by atoms with Crippen molar-refractivity contribution in [1.82, 2.24) is 15.2 Å². The van der Waals surface area contributed by atoms with Crippen molar-refractivity contribution in [2.24, 2.45) is 0 Å². The fraction of sp³-hybridized carbons (Fsp3) is 0.111. The SMILES string of the molecule is OCc1nc(-c2cc(F)c(F)c(F)c2)n[nH]1. The molecule has 0 aliphatic heterocycles. The van der Waals surface area contributed by atoms with Crippen molar-refractivity contribution in [3.63, 3.8) is 0 Å². The van der Waals surface area contributed by atoms with Gasteiger partial charge in [0.25, 0.3) is 0 Å². The van der Waals surface area contributed by atoms with E-state index in [4.69, 9.17) is 5.11 Å². The normalized spacial score (nSPS) is 10.8. The van der Waals surface area contributed by atoms with E-state index >= 15 is 0 Å². The third-order valence-electron chi connectivity index (χ3n) is 1.92. The maximum atomic E-state index is 12.9. The number of aromatic amines is 1. The smallest absolute Gasteiger partial charge is 0.194 e. The van der Waals surface area contributed by atoms with E-state index in [0.29, 0.717) is 0 Å². The molecule has 0 fully saturated rings. The highest BCUT2D eigenvalue weighted by Gasteiger charge is 2.14. The maximum Gasteiger partial charge on any atom is 0.194 e. The van der Waals surface area contributed by atoms with Gasteiger partial charge in [-0.15, -0.1) is 0 Å². The molecule has 4 nitrogen and oxygen atoms in total. The number of aliphatic hydroxyl groups is 1.